The topological polar surface area (TPSA) is 85.2 Å². The number of benzene rings is 1. The maximum Gasteiger partial charge on any atom is 0.310 e. The number of nitrogens with zero attached hydrogens (tertiary/aromatic N) is 1. The minimum absolute atomic E-state index is 0.0747. The van der Waals surface area contributed by atoms with Gasteiger partial charge in [-0.15, -0.1) is 11.3 Å². The van der Waals surface area contributed by atoms with Gasteiger partial charge in [0.1, 0.15) is 22.7 Å². The van der Waals surface area contributed by atoms with Gasteiger partial charge in [-0.1, -0.05) is 12.1 Å². The zero-order valence-electron chi connectivity index (χ0n) is 13.4. The van der Waals surface area contributed by atoms with E-state index in [1.54, 1.807) is 17.7 Å². The van der Waals surface area contributed by atoms with Crippen LogP contribution in [0.15, 0.2) is 45.1 Å². The monoisotopic (exact) mass is 354 g/mol. The summed E-state index contributed by atoms with van der Waals surface area (Å²) in [5.41, 5.74) is 3.00. The summed E-state index contributed by atoms with van der Waals surface area (Å²) in [5.74, 6) is -0.0757. The van der Waals surface area contributed by atoms with Crippen molar-refractivity contribution >= 4 is 38.5 Å². The average molecular weight is 354 g/mol. The lowest BCUT2D eigenvalue weighted by molar-refractivity contribution is -0.144. The fraction of sp³-hybridized carbons (Fsp3) is 0.167. The molecule has 25 heavy (non-hydrogen) atoms. The van der Waals surface area contributed by atoms with Gasteiger partial charge < -0.3 is 14.1 Å². The van der Waals surface area contributed by atoms with Gasteiger partial charge in [-0.3, -0.25) is 9.59 Å². The van der Waals surface area contributed by atoms with Gasteiger partial charge in [-0.05, 0) is 30.0 Å². The first-order valence-electron chi connectivity index (χ1n) is 7.69. The molecule has 0 unspecified atom stereocenters. The van der Waals surface area contributed by atoms with Crippen molar-refractivity contribution in [3.8, 4) is 0 Å². The van der Waals surface area contributed by atoms with Crippen molar-refractivity contribution in [1.82, 2.24) is 9.97 Å². The third-order valence-electron chi connectivity index (χ3n) is 3.88. The first-order chi connectivity index (χ1) is 12.1. The summed E-state index contributed by atoms with van der Waals surface area (Å²) in [6.45, 7) is 1.91. The van der Waals surface area contributed by atoms with Gasteiger partial charge in [0, 0.05) is 10.9 Å². The fourth-order valence-electron chi connectivity index (χ4n) is 2.67. The number of ether oxygens (including phenoxy) is 1. The van der Waals surface area contributed by atoms with Gasteiger partial charge in [0.05, 0.1) is 18.2 Å². The SMILES string of the molecule is Cc1ccc2c(CC(=O)OCc3nc4ccsc4c(=O)[nH]3)coc2c1. The van der Waals surface area contributed by atoms with Crippen molar-refractivity contribution in [2.75, 3.05) is 0 Å². The number of fused-ring (bicyclic) bond motifs is 2. The number of esters is 1. The van der Waals surface area contributed by atoms with E-state index < -0.39 is 5.97 Å². The van der Waals surface area contributed by atoms with E-state index in [2.05, 4.69) is 9.97 Å². The molecule has 4 rings (SSSR count). The molecule has 0 aliphatic carbocycles. The number of carbonyl (C=O) groups is 1. The van der Waals surface area contributed by atoms with Crippen LogP contribution in [0.4, 0.5) is 0 Å². The van der Waals surface area contributed by atoms with Crippen LogP contribution in [0.25, 0.3) is 21.2 Å². The molecule has 0 atom stereocenters. The molecular formula is C18H14N2O4S. The van der Waals surface area contributed by atoms with Crippen LogP contribution in [-0.2, 0) is 22.6 Å². The molecule has 6 nitrogen and oxygen atoms in total. The summed E-state index contributed by atoms with van der Waals surface area (Å²) < 4.78 is 11.3. The summed E-state index contributed by atoms with van der Waals surface area (Å²) in [6, 6.07) is 7.59. The van der Waals surface area contributed by atoms with Gasteiger partial charge >= 0.3 is 5.97 Å². The Labute approximate surface area is 146 Å². The van der Waals surface area contributed by atoms with E-state index in [1.165, 1.54) is 11.3 Å². The molecule has 1 N–H and O–H groups in total. The number of aromatic amines is 1. The Balaban J connectivity index is 1.47. The van der Waals surface area contributed by atoms with Crippen LogP contribution in [0.3, 0.4) is 0 Å². The first kappa shape index (κ1) is 15.6. The number of furan rings is 1. The molecule has 4 aromatic rings. The number of H-pyrrole nitrogens is 1. The molecule has 0 bridgehead atoms. The normalized spacial score (nSPS) is 11.2. The van der Waals surface area contributed by atoms with Crippen LogP contribution in [0.2, 0.25) is 0 Å². The number of aromatic nitrogens is 2. The Kier molecular flexibility index (Phi) is 3.85. The highest BCUT2D eigenvalue weighted by Crippen LogP contribution is 2.23. The van der Waals surface area contributed by atoms with Gasteiger partial charge in [-0.2, -0.15) is 0 Å². The number of thiophene rings is 1. The Morgan fingerprint density at radius 2 is 2.24 bits per heavy atom. The van der Waals surface area contributed by atoms with Crippen molar-refractivity contribution in [2.24, 2.45) is 0 Å². The van der Waals surface area contributed by atoms with E-state index in [1.807, 2.05) is 25.1 Å². The van der Waals surface area contributed by atoms with Crippen LogP contribution < -0.4 is 5.56 Å². The molecule has 0 amide bonds. The molecule has 0 aliphatic rings. The highest BCUT2D eigenvalue weighted by Gasteiger charge is 2.13. The van der Waals surface area contributed by atoms with Crippen molar-refractivity contribution in [3.63, 3.8) is 0 Å². The van der Waals surface area contributed by atoms with Crippen LogP contribution in [0.1, 0.15) is 17.0 Å². The van der Waals surface area contributed by atoms with Crippen molar-refractivity contribution in [1.29, 1.82) is 0 Å². The van der Waals surface area contributed by atoms with E-state index in [4.69, 9.17) is 9.15 Å². The fourth-order valence-corrected chi connectivity index (χ4v) is 3.40. The van der Waals surface area contributed by atoms with Crippen LogP contribution in [0.5, 0.6) is 0 Å². The highest BCUT2D eigenvalue weighted by molar-refractivity contribution is 7.17. The molecule has 0 saturated heterocycles. The molecule has 0 aliphatic heterocycles. The summed E-state index contributed by atoms with van der Waals surface area (Å²) in [7, 11) is 0. The molecule has 7 heteroatoms. The summed E-state index contributed by atoms with van der Waals surface area (Å²) in [6.07, 6.45) is 1.67. The van der Waals surface area contributed by atoms with E-state index in [-0.39, 0.29) is 18.6 Å². The van der Waals surface area contributed by atoms with Gasteiger partial charge in [0.25, 0.3) is 5.56 Å². The van der Waals surface area contributed by atoms with Gasteiger partial charge in [-0.25, -0.2) is 4.98 Å². The summed E-state index contributed by atoms with van der Waals surface area (Å²) in [5, 5.41) is 2.70. The second kappa shape index (κ2) is 6.18. The Morgan fingerprint density at radius 1 is 1.36 bits per heavy atom. The number of aryl methyl sites for hydroxylation is 1. The standard InChI is InChI=1S/C18H14N2O4S/c1-10-2-3-12-11(8-23-14(12)6-10)7-16(21)24-9-15-19-13-4-5-25-17(13)18(22)20-15/h2-6,8H,7,9H2,1H3,(H,19,20,22). The zero-order chi connectivity index (χ0) is 17.4. The van der Waals surface area contributed by atoms with E-state index in [0.717, 1.165) is 22.1 Å². The third kappa shape index (κ3) is 3.06. The average Bonchev–Trinajstić information content (AvgIpc) is 3.20. The number of hydrogen-bond acceptors (Lipinski definition) is 6. The predicted octanol–water partition coefficient (Wildman–Crippen LogP) is 3.33. The molecule has 1 aromatic carbocycles. The molecule has 0 saturated carbocycles. The maximum atomic E-state index is 12.1. The van der Waals surface area contributed by atoms with E-state index in [0.29, 0.717) is 16.0 Å². The molecule has 3 heterocycles. The number of nitrogens with one attached hydrogen (secondary N) is 1. The van der Waals surface area contributed by atoms with Crippen molar-refractivity contribution in [2.45, 2.75) is 20.0 Å². The predicted molar refractivity (Wildman–Crippen MR) is 94.7 cm³/mol. The lowest BCUT2D eigenvalue weighted by Gasteiger charge is -2.04. The van der Waals surface area contributed by atoms with Crippen LogP contribution in [0, 0.1) is 6.92 Å². The van der Waals surface area contributed by atoms with Gasteiger partial charge in [0.2, 0.25) is 0 Å². The second-order valence-corrected chi connectivity index (χ2v) is 6.66. The number of rotatable bonds is 4. The maximum absolute atomic E-state index is 12.1. The Bertz CT molecular complexity index is 1140. The zero-order valence-corrected chi connectivity index (χ0v) is 14.2. The highest BCUT2D eigenvalue weighted by atomic mass is 32.1. The van der Waals surface area contributed by atoms with Crippen molar-refractivity contribution in [3.05, 3.63) is 63.2 Å². The lowest BCUT2D eigenvalue weighted by atomic mass is 10.1. The van der Waals surface area contributed by atoms with Gasteiger partial charge in [0.15, 0.2) is 0 Å². The molecular weight excluding hydrogens is 340 g/mol. The molecule has 3 aromatic heterocycles. The Hall–Kier alpha value is -2.93. The first-order valence-corrected chi connectivity index (χ1v) is 8.57. The molecule has 0 spiro atoms. The molecule has 0 fully saturated rings. The third-order valence-corrected chi connectivity index (χ3v) is 4.78. The minimum atomic E-state index is -0.406. The molecule has 0 radical (unpaired) electrons. The number of carbonyl (C=O) groups excluding carboxylic acids is 1. The van der Waals surface area contributed by atoms with Crippen LogP contribution >= 0.6 is 11.3 Å². The quantitative estimate of drug-likeness (QED) is 0.568. The largest absolute Gasteiger partial charge is 0.464 e. The smallest absolute Gasteiger partial charge is 0.310 e. The van der Waals surface area contributed by atoms with E-state index >= 15 is 0 Å². The summed E-state index contributed by atoms with van der Waals surface area (Å²) >= 11 is 1.33. The van der Waals surface area contributed by atoms with E-state index in [9.17, 15) is 9.59 Å². The Morgan fingerprint density at radius 3 is 3.12 bits per heavy atom. The summed E-state index contributed by atoms with van der Waals surface area (Å²) in [4.78, 5) is 30.9. The van der Waals surface area contributed by atoms with Crippen molar-refractivity contribution < 1.29 is 13.9 Å². The second-order valence-electron chi connectivity index (χ2n) is 5.75. The van der Waals surface area contributed by atoms with Crippen LogP contribution in [-0.4, -0.2) is 15.9 Å². The lowest BCUT2D eigenvalue weighted by Crippen LogP contribution is -2.14. The minimum Gasteiger partial charge on any atom is -0.464 e. The number of hydrogen-bond donors (Lipinski definition) is 1. The molecule has 126 valence electrons.